The second kappa shape index (κ2) is 10.1. The normalized spacial score (nSPS) is 10.8. The summed E-state index contributed by atoms with van der Waals surface area (Å²) in [6.07, 6.45) is 1.45. The first-order valence-corrected chi connectivity index (χ1v) is 10.7. The Kier molecular flexibility index (Phi) is 7.01. The number of anilines is 1. The number of nitrogens with one attached hydrogen (secondary N) is 1. The van der Waals surface area contributed by atoms with E-state index in [9.17, 15) is 14.9 Å². The van der Waals surface area contributed by atoms with Gasteiger partial charge in [-0.25, -0.2) is 9.67 Å². The number of carbonyl (C=O) groups is 1. The maximum absolute atomic E-state index is 12.5. The Morgan fingerprint density at radius 3 is 2.71 bits per heavy atom. The number of hydrogen-bond donors (Lipinski definition) is 1. The Labute approximate surface area is 207 Å². The average molecular weight is 523 g/mol. The monoisotopic (exact) mass is 521 g/mol. The number of nitro benzene ring substituents is 1. The van der Waals surface area contributed by atoms with E-state index < -0.39 is 10.8 Å². The van der Waals surface area contributed by atoms with E-state index in [4.69, 9.17) is 44.0 Å². The Morgan fingerprint density at radius 2 is 1.94 bits per heavy atom. The summed E-state index contributed by atoms with van der Waals surface area (Å²) in [5.74, 6) is -0.0622. The van der Waals surface area contributed by atoms with E-state index in [1.54, 1.807) is 18.2 Å². The van der Waals surface area contributed by atoms with Gasteiger partial charge in [-0.15, -0.1) is 5.10 Å². The molecule has 4 aromatic rings. The number of nitrogens with zero attached hydrogens (tertiary/aromatic N) is 4. The van der Waals surface area contributed by atoms with Crippen LogP contribution in [0.3, 0.4) is 0 Å². The number of ether oxygens (including phenoxy) is 1. The lowest BCUT2D eigenvalue weighted by atomic mass is 10.2. The number of furan rings is 1. The number of rotatable bonds is 8. The van der Waals surface area contributed by atoms with Crippen molar-refractivity contribution in [1.82, 2.24) is 14.8 Å². The second-order valence-electron chi connectivity index (χ2n) is 6.88. The lowest BCUT2D eigenvalue weighted by molar-refractivity contribution is -0.384. The highest BCUT2D eigenvalue weighted by Gasteiger charge is 2.16. The van der Waals surface area contributed by atoms with Crippen LogP contribution in [0.2, 0.25) is 15.1 Å². The van der Waals surface area contributed by atoms with Crippen LogP contribution in [-0.4, -0.2) is 25.6 Å². The predicted octanol–water partition coefficient (Wildman–Crippen LogP) is 5.62. The summed E-state index contributed by atoms with van der Waals surface area (Å²) < 4.78 is 12.5. The molecule has 0 saturated carbocycles. The van der Waals surface area contributed by atoms with E-state index in [0.717, 1.165) is 5.56 Å². The number of benzene rings is 2. The standard InChI is InChI=1S/C21H14Cl3N5O5/c22-13-2-1-12(17(24)7-13)9-28-11-25-21(27-28)26-20(30)18-6-4-15(34-18)10-33-19-8-14(29(31)32)3-5-16(19)23/h1-8,11H,9-10H2,(H,26,27,30). The van der Waals surface area contributed by atoms with Gasteiger partial charge in [0.2, 0.25) is 5.95 Å². The van der Waals surface area contributed by atoms with Gasteiger partial charge in [-0.3, -0.25) is 20.2 Å². The molecule has 2 aromatic heterocycles. The van der Waals surface area contributed by atoms with Gasteiger partial charge in [0.15, 0.2) is 5.76 Å². The summed E-state index contributed by atoms with van der Waals surface area (Å²) in [6, 6.07) is 11.9. The molecule has 0 spiro atoms. The zero-order chi connectivity index (χ0) is 24.2. The summed E-state index contributed by atoms with van der Waals surface area (Å²) in [6.45, 7) is 0.240. The van der Waals surface area contributed by atoms with Gasteiger partial charge in [0, 0.05) is 16.1 Å². The van der Waals surface area contributed by atoms with Gasteiger partial charge < -0.3 is 9.15 Å². The number of nitro groups is 1. The molecular formula is C21H14Cl3N5O5. The fourth-order valence-corrected chi connectivity index (χ4v) is 3.50. The second-order valence-corrected chi connectivity index (χ2v) is 8.13. The van der Waals surface area contributed by atoms with Crippen LogP contribution in [-0.2, 0) is 13.2 Å². The fraction of sp³-hybridized carbons (Fsp3) is 0.0952. The van der Waals surface area contributed by atoms with Gasteiger partial charge in [-0.1, -0.05) is 40.9 Å². The molecule has 0 bridgehead atoms. The van der Waals surface area contributed by atoms with Crippen molar-refractivity contribution < 1.29 is 18.9 Å². The van der Waals surface area contributed by atoms with E-state index in [0.29, 0.717) is 22.4 Å². The molecule has 0 saturated heterocycles. The zero-order valence-electron chi connectivity index (χ0n) is 17.1. The maximum atomic E-state index is 12.5. The third-order valence-electron chi connectivity index (χ3n) is 4.49. The minimum atomic E-state index is -0.568. The largest absolute Gasteiger partial charge is 0.484 e. The highest BCUT2D eigenvalue weighted by atomic mass is 35.5. The fourth-order valence-electron chi connectivity index (χ4n) is 2.86. The Balaban J connectivity index is 1.36. The molecule has 34 heavy (non-hydrogen) atoms. The highest BCUT2D eigenvalue weighted by Crippen LogP contribution is 2.29. The quantitative estimate of drug-likeness (QED) is 0.235. The van der Waals surface area contributed by atoms with Crippen LogP contribution in [0.5, 0.6) is 5.75 Å². The van der Waals surface area contributed by atoms with Gasteiger partial charge in [0.25, 0.3) is 11.6 Å². The Bertz CT molecular complexity index is 1370. The minimum absolute atomic E-state index is 0.000773. The maximum Gasteiger partial charge on any atom is 0.293 e. The molecule has 0 aliphatic heterocycles. The molecule has 1 N–H and O–H groups in total. The predicted molar refractivity (Wildman–Crippen MR) is 125 cm³/mol. The van der Waals surface area contributed by atoms with Crippen LogP contribution in [0.25, 0.3) is 0 Å². The van der Waals surface area contributed by atoms with Crippen molar-refractivity contribution in [3.8, 4) is 5.75 Å². The molecule has 0 unspecified atom stereocenters. The van der Waals surface area contributed by atoms with Gasteiger partial charge in [-0.05, 0) is 35.9 Å². The van der Waals surface area contributed by atoms with E-state index in [-0.39, 0.29) is 34.8 Å². The van der Waals surface area contributed by atoms with Crippen molar-refractivity contribution in [3.63, 3.8) is 0 Å². The molecule has 0 atom stereocenters. The van der Waals surface area contributed by atoms with Gasteiger partial charge in [0.1, 0.15) is 24.4 Å². The first-order valence-electron chi connectivity index (χ1n) is 9.58. The summed E-state index contributed by atoms with van der Waals surface area (Å²) in [7, 11) is 0. The lowest BCUT2D eigenvalue weighted by Gasteiger charge is -2.06. The summed E-state index contributed by atoms with van der Waals surface area (Å²) in [4.78, 5) is 26.9. The number of non-ortho nitro benzene ring substituents is 1. The van der Waals surface area contributed by atoms with Crippen LogP contribution in [0.4, 0.5) is 11.6 Å². The van der Waals surface area contributed by atoms with Crippen LogP contribution in [0.1, 0.15) is 21.9 Å². The zero-order valence-corrected chi connectivity index (χ0v) is 19.3. The first kappa shape index (κ1) is 23.6. The molecule has 2 heterocycles. The molecule has 1 amide bonds. The molecule has 0 radical (unpaired) electrons. The third-order valence-corrected chi connectivity index (χ3v) is 5.39. The first-order chi connectivity index (χ1) is 16.3. The van der Waals surface area contributed by atoms with Crippen molar-refractivity contribution >= 4 is 52.3 Å². The molecular weight excluding hydrogens is 509 g/mol. The summed E-state index contributed by atoms with van der Waals surface area (Å²) >= 11 is 18.1. The number of amides is 1. The van der Waals surface area contributed by atoms with Crippen LogP contribution < -0.4 is 10.1 Å². The summed E-state index contributed by atoms with van der Waals surface area (Å²) in [5.41, 5.74) is 0.623. The Morgan fingerprint density at radius 1 is 1.12 bits per heavy atom. The topological polar surface area (TPSA) is 125 Å². The van der Waals surface area contributed by atoms with E-state index in [2.05, 4.69) is 15.4 Å². The molecule has 0 aliphatic rings. The number of hydrogen-bond acceptors (Lipinski definition) is 7. The van der Waals surface area contributed by atoms with Gasteiger partial charge in [-0.2, -0.15) is 0 Å². The van der Waals surface area contributed by atoms with Crippen LogP contribution in [0, 0.1) is 10.1 Å². The number of aromatic nitrogens is 3. The smallest absolute Gasteiger partial charge is 0.293 e. The van der Waals surface area contributed by atoms with Gasteiger partial charge >= 0.3 is 0 Å². The SMILES string of the molecule is O=C(Nc1ncn(Cc2ccc(Cl)cc2Cl)n1)c1ccc(COc2cc([N+](=O)[O-])ccc2Cl)o1. The van der Waals surface area contributed by atoms with Gasteiger partial charge in [0.05, 0.1) is 22.6 Å². The molecule has 174 valence electrons. The summed E-state index contributed by atoms with van der Waals surface area (Å²) in [5, 5.41) is 18.9. The van der Waals surface area contributed by atoms with Crippen molar-refractivity contribution in [2.45, 2.75) is 13.2 Å². The van der Waals surface area contributed by atoms with E-state index in [1.165, 1.54) is 41.3 Å². The molecule has 2 aromatic carbocycles. The number of carbonyl (C=O) groups excluding carboxylic acids is 1. The minimum Gasteiger partial charge on any atom is -0.484 e. The van der Waals surface area contributed by atoms with Crippen molar-refractivity contribution in [2.24, 2.45) is 0 Å². The molecule has 13 heteroatoms. The third kappa shape index (κ3) is 5.66. The lowest BCUT2D eigenvalue weighted by Crippen LogP contribution is -2.12. The van der Waals surface area contributed by atoms with E-state index in [1.807, 2.05) is 0 Å². The molecule has 0 aliphatic carbocycles. The van der Waals surface area contributed by atoms with Crippen LogP contribution >= 0.6 is 34.8 Å². The van der Waals surface area contributed by atoms with Crippen molar-refractivity contribution in [3.05, 3.63) is 97.1 Å². The highest BCUT2D eigenvalue weighted by molar-refractivity contribution is 6.35. The van der Waals surface area contributed by atoms with Crippen LogP contribution in [0.15, 0.2) is 59.3 Å². The van der Waals surface area contributed by atoms with E-state index >= 15 is 0 Å². The molecule has 4 rings (SSSR count). The number of halogens is 3. The molecule has 0 fully saturated rings. The average Bonchev–Trinajstić information content (AvgIpc) is 3.44. The molecule has 10 nitrogen and oxygen atoms in total. The Hall–Kier alpha value is -3.60. The van der Waals surface area contributed by atoms with Crippen molar-refractivity contribution in [1.29, 1.82) is 0 Å². The van der Waals surface area contributed by atoms with Crippen molar-refractivity contribution in [2.75, 3.05) is 5.32 Å².